The van der Waals surface area contributed by atoms with Gasteiger partial charge in [0, 0.05) is 29.3 Å². The molecule has 168 valence electrons. The number of amides is 1. The number of benzene rings is 1. The van der Waals surface area contributed by atoms with Crippen molar-refractivity contribution in [3.63, 3.8) is 0 Å². The van der Waals surface area contributed by atoms with Crippen molar-refractivity contribution >= 4 is 40.0 Å². The van der Waals surface area contributed by atoms with E-state index in [9.17, 15) is 4.79 Å². The van der Waals surface area contributed by atoms with Crippen LogP contribution in [0.5, 0.6) is 5.75 Å². The molecule has 2 N–H and O–H groups in total. The second kappa shape index (κ2) is 7.74. The number of hydrogen-bond acceptors (Lipinski definition) is 5. The molecular formula is C23H20Cl2N6O2. The summed E-state index contributed by atoms with van der Waals surface area (Å²) >= 11 is 12.6. The predicted molar refractivity (Wildman–Crippen MR) is 124 cm³/mol. The average Bonchev–Trinajstić information content (AvgIpc) is 3.25. The monoisotopic (exact) mass is 482 g/mol. The number of imidazole rings is 1. The minimum atomic E-state index is -0.372. The molecular weight excluding hydrogens is 463 g/mol. The Morgan fingerprint density at radius 2 is 2.00 bits per heavy atom. The van der Waals surface area contributed by atoms with E-state index in [0.717, 1.165) is 35.1 Å². The number of hydrogen-bond donors (Lipinski definition) is 2. The third kappa shape index (κ3) is 3.63. The highest BCUT2D eigenvalue weighted by atomic mass is 35.5. The molecule has 2 aliphatic rings. The second-order valence-electron chi connectivity index (χ2n) is 8.54. The van der Waals surface area contributed by atoms with Crippen LogP contribution in [-0.2, 0) is 17.9 Å². The molecule has 8 nitrogen and oxygen atoms in total. The van der Waals surface area contributed by atoms with Gasteiger partial charge in [-0.15, -0.1) is 0 Å². The number of carbonyl (C=O) groups is 1. The van der Waals surface area contributed by atoms with Gasteiger partial charge in [0.05, 0.1) is 40.0 Å². The van der Waals surface area contributed by atoms with Gasteiger partial charge >= 0.3 is 0 Å². The fourth-order valence-electron chi connectivity index (χ4n) is 4.31. The van der Waals surface area contributed by atoms with E-state index >= 15 is 0 Å². The topological polar surface area (TPSA) is 99.8 Å². The first kappa shape index (κ1) is 20.5. The molecule has 0 spiro atoms. The van der Waals surface area contributed by atoms with Crippen molar-refractivity contribution in [2.75, 3.05) is 0 Å². The van der Waals surface area contributed by atoms with Crippen LogP contribution < -0.4 is 4.74 Å². The van der Waals surface area contributed by atoms with E-state index in [-0.39, 0.29) is 17.9 Å². The van der Waals surface area contributed by atoms with E-state index in [4.69, 9.17) is 32.9 Å². The summed E-state index contributed by atoms with van der Waals surface area (Å²) in [5, 5.41) is 9.32. The lowest BCUT2D eigenvalue weighted by molar-refractivity contribution is -0.133. The van der Waals surface area contributed by atoms with Crippen LogP contribution in [0.3, 0.4) is 0 Å². The molecule has 0 radical (unpaired) electrons. The van der Waals surface area contributed by atoms with Crippen molar-refractivity contribution in [3.8, 4) is 17.3 Å². The van der Waals surface area contributed by atoms with Gasteiger partial charge in [0.1, 0.15) is 17.5 Å². The Morgan fingerprint density at radius 3 is 2.73 bits per heavy atom. The van der Waals surface area contributed by atoms with Gasteiger partial charge in [0.2, 0.25) is 5.91 Å². The molecule has 3 aromatic heterocycles. The number of carbonyl (C=O) groups excluding carboxylic acids is 1. The normalized spacial score (nSPS) is 16.3. The SMILES string of the molecule is CC(Oc1ccc2[nH]nc(-c3nc4c([nH]3)CN(C(=O)C3CC3)C4)c2c1)c1c(Cl)cncc1Cl. The highest BCUT2D eigenvalue weighted by Gasteiger charge is 2.37. The van der Waals surface area contributed by atoms with Crippen LogP contribution in [0.4, 0.5) is 0 Å². The van der Waals surface area contributed by atoms with Crippen LogP contribution in [0.2, 0.25) is 10.0 Å². The molecule has 10 heteroatoms. The van der Waals surface area contributed by atoms with Crippen LogP contribution in [0.1, 0.15) is 42.8 Å². The molecule has 6 rings (SSSR count). The molecule has 1 atom stereocenters. The number of nitrogens with zero attached hydrogens (tertiary/aromatic N) is 4. The third-order valence-electron chi connectivity index (χ3n) is 6.16. The molecule has 33 heavy (non-hydrogen) atoms. The summed E-state index contributed by atoms with van der Waals surface area (Å²) in [6.07, 6.45) is 4.74. The van der Waals surface area contributed by atoms with Crippen molar-refractivity contribution in [2.24, 2.45) is 5.92 Å². The number of H-pyrrole nitrogens is 2. The maximum absolute atomic E-state index is 12.4. The zero-order valence-corrected chi connectivity index (χ0v) is 19.2. The largest absolute Gasteiger partial charge is 0.486 e. The van der Waals surface area contributed by atoms with E-state index in [1.54, 1.807) is 12.4 Å². The number of pyridine rings is 1. The smallest absolute Gasteiger partial charge is 0.226 e. The third-order valence-corrected chi connectivity index (χ3v) is 6.76. The van der Waals surface area contributed by atoms with Crippen LogP contribution in [0.15, 0.2) is 30.6 Å². The Hall–Kier alpha value is -3.10. The van der Waals surface area contributed by atoms with Crippen LogP contribution >= 0.6 is 23.2 Å². The Morgan fingerprint density at radius 1 is 1.21 bits per heavy atom. The van der Waals surface area contributed by atoms with Gasteiger partial charge < -0.3 is 14.6 Å². The lowest BCUT2D eigenvalue weighted by atomic mass is 10.1. The Bertz CT molecular complexity index is 1350. The second-order valence-corrected chi connectivity index (χ2v) is 9.35. The first-order valence-electron chi connectivity index (χ1n) is 10.8. The summed E-state index contributed by atoms with van der Waals surface area (Å²) in [5.74, 6) is 1.78. The van der Waals surface area contributed by atoms with Crippen molar-refractivity contribution < 1.29 is 9.53 Å². The minimum absolute atomic E-state index is 0.210. The lowest BCUT2D eigenvalue weighted by Gasteiger charge is -2.17. The van der Waals surface area contributed by atoms with Gasteiger partial charge in [0.25, 0.3) is 0 Å². The van der Waals surface area contributed by atoms with E-state index in [0.29, 0.717) is 46.0 Å². The number of fused-ring (bicyclic) bond motifs is 2. The van der Waals surface area contributed by atoms with Gasteiger partial charge in [-0.3, -0.25) is 14.9 Å². The summed E-state index contributed by atoms with van der Waals surface area (Å²) in [6, 6.07) is 5.70. The first-order valence-corrected chi connectivity index (χ1v) is 11.5. The molecule has 1 fully saturated rings. The molecule has 1 aromatic carbocycles. The van der Waals surface area contributed by atoms with Gasteiger partial charge in [-0.1, -0.05) is 23.2 Å². The number of rotatable bonds is 5. The number of aromatic amines is 2. The highest BCUT2D eigenvalue weighted by molar-refractivity contribution is 6.35. The number of halogens is 2. The standard InChI is InChI=1S/C23H20Cl2N6O2/c1-11(20-15(24)7-26-8-16(20)25)33-13-4-5-17-14(6-13)21(30-29-17)22-27-18-9-31(10-19(18)28-22)23(32)12-2-3-12/h4-8,11-12H,2-3,9-10H2,1H3,(H,27,28)(H,29,30). The maximum atomic E-state index is 12.4. The number of aromatic nitrogens is 5. The van der Waals surface area contributed by atoms with Crippen molar-refractivity contribution in [1.29, 1.82) is 0 Å². The number of nitrogens with one attached hydrogen (secondary N) is 2. The zero-order valence-electron chi connectivity index (χ0n) is 17.7. The van der Waals surface area contributed by atoms with Gasteiger partial charge in [-0.2, -0.15) is 5.10 Å². The summed E-state index contributed by atoms with van der Waals surface area (Å²) in [7, 11) is 0. The highest BCUT2D eigenvalue weighted by Crippen LogP contribution is 2.36. The average molecular weight is 483 g/mol. The van der Waals surface area contributed by atoms with Crippen LogP contribution in [-0.4, -0.2) is 36.0 Å². The summed E-state index contributed by atoms with van der Waals surface area (Å²) < 4.78 is 6.15. The summed E-state index contributed by atoms with van der Waals surface area (Å²) in [6.45, 7) is 3.00. The summed E-state index contributed by atoms with van der Waals surface area (Å²) in [5.41, 5.74) is 4.13. The first-order chi connectivity index (χ1) is 16.0. The van der Waals surface area contributed by atoms with Crippen LogP contribution in [0.25, 0.3) is 22.4 Å². The Balaban J connectivity index is 1.27. The molecule has 4 heterocycles. The molecule has 1 amide bonds. The predicted octanol–water partition coefficient (Wildman–Crippen LogP) is 5.05. The maximum Gasteiger partial charge on any atom is 0.226 e. The summed E-state index contributed by atoms with van der Waals surface area (Å²) in [4.78, 5) is 26.3. The van der Waals surface area contributed by atoms with Gasteiger partial charge in [0.15, 0.2) is 5.82 Å². The quantitative estimate of drug-likeness (QED) is 0.414. The van der Waals surface area contributed by atoms with E-state index in [1.165, 1.54) is 0 Å². The van der Waals surface area contributed by atoms with E-state index in [1.807, 2.05) is 30.0 Å². The van der Waals surface area contributed by atoms with Crippen LogP contribution in [0, 0.1) is 5.92 Å². The lowest BCUT2D eigenvalue weighted by Crippen LogP contribution is -2.27. The fraction of sp³-hybridized carbons (Fsp3) is 0.304. The van der Waals surface area contributed by atoms with E-state index < -0.39 is 0 Å². The van der Waals surface area contributed by atoms with Gasteiger partial charge in [-0.05, 0) is 38.0 Å². The molecule has 0 saturated heterocycles. The van der Waals surface area contributed by atoms with Crippen molar-refractivity contribution in [3.05, 3.63) is 57.6 Å². The van der Waals surface area contributed by atoms with Gasteiger partial charge in [-0.25, -0.2) is 4.98 Å². The zero-order chi connectivity index (χ0) is 22.7. The number of ether oxygens (including phenoxy) is 1. The molecule has 4 aromatic rings. The van der Waals surface area contributed by atoms with Crippen molar-refractivity contribution in [2.45, 2.75) is 39.0 Å². The Labute approximate surface area is 199 Å². The fourth-order valence-corrected chi connectivity index (χ4v) is 4.98. The van der Waals surface area contributed by atoms with Crippen molar-refractivity contribution in [1.82, 2.24) is 30.0 Å². The van der Waals surface area contributed by atoms with E-state index in [2.05, 4.69) is 20.2 Å². The minimum Gasteiger partial charge on any atom is -0.486 e. The molecule has 1 aliphatic heterocycles. The molecule has 1 unspecified atom stereocenters. The molecule has 0 bridgehead atoms. The molecule has 1 saturated carbocycles. The Kier molecular flexibility index (Phi) is 4.81. The molecule has 1 aliphatic carbocycles.